The van der Waals surface area contributed by atoms with Crippen LogP contribution in [-0.4, -0.2) is 27.8 Å². The minimum Gasteiger partial charge on any atom is -0.494 e. The average Bonchev–Trinajstić information content (AvgIpc) is 2.86. The Kier molecular flexibility index (Phi) is 4.20. The Morgan fingerprint density at radius 3 is 2.79 bits per heavy atom. The molecule has 6 heteroatoms. The predicted octanol–water partition coefficient (Wildman–Crippen LogP) is 2.60. The molecule has 0 radical (unpaired) electrons. The SMILES string of the molecule is COc1ccc(-c2c(C)nn(CCC(N)=O)c2C)c2cccnc12. The molecule has 0 unspecified atom stereocenters. The highest BCUT2D eigenvalue weighted by Crippen LogP contribution is 2.36. The van der Waals surface area contributed by atoms with Gasteiger partial charge in [0.2, 0.25) is 5.91 Å². The van der Waals surface area contributed by atoms with Crippen molar-refractivity contribution in [1.29, 1.82) is 0 Å². The topological polar surface area (TPSA) is 83.0 Å². The normalized spacial score (nSPS) is 11.0. The molecule has 3 aromatic rings. The lowest BCUT2D eigenvalue weighted by Crippen LogP contribution is -2.15. The molecule has 0 fully saturated rings. The molecule has 1 aromatic carbocycles. The molecule has 0 atom stereocenters. The smallest absolute Gasteiger partial charge is 0.219 e. The maximum atomic E-state index is 11.0. The fraction of sp³-hybridized carbons (Fsp3) is 0.278. The lowest BCUT2D eigenvalue weighted by atomic mass is 9.98. The zero-order valence-corrected chi connectivity index (χ0v) is 14.0. The molecule has 124 valence electrons. The van der Waals surface area contributed by atoms with Gasteiger partial charge in [-0.25, -0.2) is 0 Å². The average molecular weight is 324 g/mol. The molecule has 0 saturated carbocycles. The number of benzene rings is 1. The number of nitrogens with two attached hydrogens (primary N) is 1. The fourth-order valence-electron chi connectivity index (χ4n) is 3.05. The first-order valence-electron chi connectivity index (χ1n) is 7.77. The highest BCUT2D eigenvalue weighted by molar-refractivity contribution is 5.98. The Labute approximate surface area is 140 Å². The first kappa shape index (κ1) is 16.0. The van der Waals surface area contributed by atoms with Crippen molar-refractivity contribution in [2.45, 2.75) is 26.8 Å². The van der Waals surface area contributed by atoms with Crippen molar-refractivity contribution >= 4 is 16.8 Å². The van der Waals surface area contributed by atoms with Crippen LogP contribution in [0.5, 0.6) is 5.75 Å². The van der Waals surface area contributed by atoms with E-state index in [1.807, 2.05) is 42.8 Å². The first-order chi connectivity index (χ1) is 11.5. The van der Waals surface area contributed by atoms with Crippen LogP contribution in [0.2, 0.25) is 0 Å². The third-order valence-electron chi connectivity index (χ3n) is 4.17. The van der Waals surface area contributed by atoms with Crippen LogP contribution in [0.3, 0.4) is 0 Å². The van der Waals surface area contributed by atoms with Gasteiger partial charge in [0.05, 0.1) is 12.8 Å². The summed E-state index contributed by atoms with van der Waals surface area (Å²) in [5.41, 5.74) is 10.1. The molecule has 6 nitrogen and oxygen atoms in total. The van der Waals surface area contributed by atoms with Gasteiger partial charge in [0.15, 0.2) is 0 Å². The van der Waals surface area contributed by atoms with Crippen molar-refractivity contribution in [3.05, 3.63) is 41.9 Å². The second-order valence-electron chi connectivity index (χ2n) is 5.70. The molecule has 2 aromatic heterocycles. The van der Waals surface area contributed by atoms with Crippen molar-refractivity contribution < 1.29 is 9.53 Å². The Bertz CT molecular complexity index is 915. The van der Waals surface area contributed by atoms with E-state index in [4.69, 9.17) is 10.5 Å². The number of fused-ring (bicyclic) bond motifs is 1. The number of aryl methyl sites for hydroxylation is 2. The molecule has 2 heterocycles. The minimum absolute atomic E-state index is 0.270. The van der Waals surface area contributed by atoms with Crippen molar-refractivity contribution in [1.82, 2.24) is 14.8 Å². The molecule has 0 aliphatic carbocycles. The number of hydrogen-bond donors (Lipinski definition) is 1. The lowest BCUT2D eigenvalue weighted by molar-refractivity contribution is -0.118. The number of hydrogen-bond acceptors (Lipinski definition) is 4. The summed E-state index contributed by atoms with van der Waals surface area (Å²) in [5.74, 6) is 0.411. The van der Waals surface area contributed by atoms with Crippen LogP contribution >= 0.6 is 0 Å². The van der Waals surface area contributed by atoms with Crippen molar-refractivity contribution in [2.24, 2.45) is 5.73 Å². The summed E-state index contributed by atoms with van der Waals surface area (Å²) in [6.45, 7) is 4.45. The van der Waals surface area contributed by atoms with Crippen LogP contribution in [-0.2, 0) is 11.3 Å². The molecular weight excluding hydrogens is 304 g/mol. The van der Waals surface area contributed by atoms with E-state index in [2.05, 4.69) is 10.1 Å². The largest absolute Gasteiger partial charge is 0.494 e. The summed E-state index contributed by atoms with van der Waals surface area (Å²) < 4.78 is 7.25. The maximum absolute atomic E-state index is 11.0. The number of carbonyl (C=O) groups excluding carboxylic acids is 1. The van der Waals surface area contributed by atoms with E-state index >= 15 is 0 Å². The van der Waals surface area contributed by atoms with Gasteiger partial charge < -0.3 is 10.5 Å². The predicted molar refractivity (Wildman–Crippen MR) is 92.8 cm³/mol. The Morgan fingerprint density at radius 1 is 1.29 bits per heavy atom. The number of methoxy groups -OCH3 is 1. The van der Waals surface area contributed by atoms with Crippen LogP contribution < -0.4 is 10.5 Å². The monoisotopic (exact) mass is 324 g/mol. The zero-order valence-electron chi connectivity index (χ0n) is 14.0. The number of primary amides is 1. The summed E-state index contributed by atoms with van der Waals surface area (Å²) in [4.78, 5) is 15.5. The van der Waals surface area contributed by atoms with Crippen LogP contribution in [0, 0.1) is 13.8 Å². The number of rotatable bonds is 5. The van der Waals surface area contributed by atoms with E-state index in [-0.39, 0.29) is 12.3 Å². The Hall–Kier alpha value is -2.89. The van der Waals surface area contributed by atoms with Gasteiger partial charge in [-0.1, -0.05) is 6.07 Å². The first-order valence-corrected chi connectivity index (χ1v) is 7.77. The molecule has 1 amide bonds. The minimum atomic E-state index is -0.330. The third kappa shape index (κ3) is 2.71. The van der Waals surface area contributed by atoms with E-state index in [0.29, 0.717) is 6.54 Å². The van der Waals surface area contributed by atoms with E-state index in [9.17, 15) is 4.79 Å². The molecule has 0 aliphatic rings. The molecule has 0 saturated heterocycles. The number of aromatic nitrogens is 3. The van der Waals surface area contributed by atoms with Crippen molar-refractivity contribution in [3.63, 3.8) is 0 Å². The highest BCUT2D eigenvalue weighted by atomic mass is 16.5. The standard InChI is InChI=1S/C18H20N4O2/c1-11-17(12(2)22(21-11)10-8-16(19)23)13-6-7-15(24-3)18-14(13)5-4-9-20-18/h4-7,9H,8,10H2,1-3H3,(H2,19,23). The molecule has 0 bridgehead atoms. The molecule has 3 rings (SSSR count). The number of ether oxygens (including phenoxy) is 1. The summed E-state index contributed by atoms with van der Waals surface area (Å²) >= 11 is 0. The van der Waals surface area contributed by atoms with Gasteiger partial charge in [-0.15, -0.1) is 0 Å². The number of nitrogens with zero attached hydrogens (tertiary/aromatic N) is 3. The van der Waals surface area contributed by atoms with Crippen LogP contribution in [0.4, 0.5) is 0 Å². The van der Waals surface area contributed by atoms with E-state index in [1.54, 1.807) is 13.3 Å². The van der Waals surface area contributed by atoms with Gasteiger partial charge in [0.25, 0.3) is 0 Å². The van der Waals surface area contributed by atoms with Gasteiger partial charge in [0, 0.05) is 35.8 Å². The summed E-state index contributed by atoms with van der Waals surface area (Å²) in [6.07, 6.45) is 2.02. The van der Waals surface area contributed by atoms with Crippen molar-refractivity contribution in [2.75, 3.05) is 7.11 Å². The highest BCUT2D eigenvalue weighted by Gasteiger charge is 2.17. The zero-order chi connectivity index (χ0) is 17.3. The van der Waals surface area contributed by atoms with Crippen LogP contribution in [0.15, 0.2) is 30.5 Å². The number of pyridine rings is 1. The van der Waals surface area contributed by atoms with Gasteiger partial charge in [-0.3, -0.25) is 14.5 Å². The molecule has 24 heavy (non-hydrogen) atoms. The van der Waals surface area contributed by atoms with Gasteiger partial charge in [0.1, 0.15) is 11.3 Å². The number of amides is 1. The molecule has 0 spiro atoms. The van der Waals surface area contributed by atoms with E-state index in [1.165, 1.54) is 0 Å². The molecule has 2 N–H and O–H groups in total. The van der Waals surface area contributed by atoms with E-state index in [0.717, 1.165) is 39.2 Å². The van der Waals surface area contributed by atoms with Gasteiger partial charge >= 0.3 is 0 Å². The second kappa shape index (κ2) is 6.31. The quantitative estimate of drug-likeness (QED) is 0.782. The van der Waals surface area contributed by atoms with Crippen LogP contribution in [0.25, 0.3) is 22.0 Å². The maximum Gasteiger partial charge on any atom is 0.219 e. The molecule has 0 aliphatic heterocycles. The third-order valence-corrected chi connectivity index (χ3v) is 4.17. The lowest BCUT2D eigenvalue weighted by Gasteiger charge is -2.10. The van der Waals surface area contributed by atoms with Crippen molar-refractivity contribution in [3.8, 4) is 16.9 Å². The van der Waals surface area contributed by atoms with Gasteiger partial charge in [-0.05, 0) is 37.6 Å². The fourth-order valence-corrected chi connectivity index (χ4v) is 3.05. The number of carbonyl (C=O) groups is 1. The van der Waals surface area contributed by atoms with E-state index < -0.39 is 0 Å². The summed E-state index contributed by atoms with van der Waals surface area (Å²) in [6, 6.07) is 7.88. The Morgan fingerprint density at radius 2 is 2.08 bits per heavy atom. The molecular formula is C18H20N4O2. The summed E-state index contributed by atoms with van der Waals surface area (Å²) in [5, 5.41) is 5.58. The van der Waals surface area contributed by atoms with Gasteiger partial charge in [-0.2, -0.15) is 5.10 Å². The Balaban J connectivity index is 2.16. The van der Waals surface area contributed by atoms with Crippen LogP contribution in [0.1, 0.15) is 17.8 Å². The summed E-state index contributed by atoms with van der Waals surface area (Å²) in [7, 11) is 1.64. The second-order valence-corrected chi connectivity index (χ2v) is 5.70.